The van der Waals surface area contributed by atoms with Crippen LogP contribution < -0.4 is 0 Å². The van der Waals surface area contributed by atoms with Gasteiger partial charge in [-0.15, -0.1) is 11.6 Å². The van der Waals surface area contributed by atoms with Gasteiger partial charge < -0.3 is 0 Å². The first-order chi connectivity index (χ1) is 9.47. The van der Waals surface area contributed by atoms with Gasteiger partial charge in [-0.2, -0.15) is 5.10 Å². The van der Waals surface area contributed by atoms with Crippen molar-refractivity contribution in [1.82, 2.24) is 24.3 Å². The molecule has 0 aromatic carbocycles. The number of fused-ring (bicyclic) bond motifs is 1. The van der Waals surface area contributed by atoms with Crippen molar-refractivity contribution in [1.29, 1.82) is 0 Å². The van der Waals surface area contributed by atoms with E-state index in [1.54, 1.807) is 4.68 Å². The van der Waals surface area contributed by atoms with Crippen molar-refractivity contribution < 1.29 is 0 Å². The third-order valence-corrected chi connectivity index (χ3v) is 3.44. The van der Waals surface area contributed by atoms with E-state index in [1.807, 2.05) is 50.8 Å². The van der Waals surface area contributed by atoms with Gasteiger partial charge in [0.1, 0.15) is 11.3 Å². The van der Waals surface area contributed by atoms with Crippen LogP contribution in [0, 0.1) is 13.8 Å². The number of halogens is 1. The highest BCUT2D eigenvalue weighted by atomic mass is 35.5. The number of aromatic nitrogens is 5. The van der Waals surface area contributed by atoms with E-state index in [1.165, 1.54) is 0 Å². The zero-order valence-electron chi connectivity index (χ0n) is 11.9. The number of hydrogen-bond donors (Lipinski definition) is 0. The number of imidazole rings is 1. The van der Waals surface area contributed by atoms with Crippen molar-refractivity contribution in [3.05, 3.63) is 35.5 Å². The smallest absolute Gasteiger partial charge is 0.164 e. The van der Waals surface area contributed by atoms with E-state index in [4.69, 9.17) is 11.6 Å². The summed E-state index contributed by atoms with van der Waals surface area (Å²) in [5, 5.41) is 4.18. The molecule has 0 amide bonds. The van der Waals surface area contributed by atoms with Crippen LogP contribution in [0.4, 0.5) is 0 Å². The number of rotatable bonds is 2. The summed E-state index contributed by atoms with van der Waals surface area (Å²) in [6, 6.07) is 2.02. The maximum Gasteiger partial charge on any atom is 0.164 e. The molecule has 0 saturated carbocycles. The minimum absolute atomic E-state index is 0.205. The second-order valence-corrected chi connectivity index (χ2v) is 5.70. The summed E-state index contributed by atoms with van der Waals surface area (Å²) in [6.07, 6.45) is 3.80. The van der Waals surface area contributed by atoms with Gasteiger partial charge in [0.2, 0.25) is 0 Å². The molecule has 0 fully saturated rings. The number of nitrogens with zero attached hydrogens (tertiary/aromatic N) is 5. The van der Waals surface area contributed by atoms with E-state index in [0.29, 0.717) is 0 Å². The Bertz CT molecular complexity index is 784. The van der Waals surface area contributed by atoms with Crippen molar-refractivity contribution in [2.45, 2.75) is 26.1 Å². The Labute approximate surface area is 122 Å². The van der Waals surface area contributed by atoms with Crippen molar-refractivity contribution in [2.75, 3.05) is 0 Å². The Kier molecular flexibility index (Phi) is 3.01. The van der Waals surface area contributed by atoms with Crippen LogP contribution >= 0.6 is 11.6 Å². The van der Waals surface area contributed by atoms with Gasteiger partial charge in [-0.1, -0.05) is 0 Å². The molecule has 3 rings (SSSR count). The first kappa shape index (κ1) is 13.1. The second kappa shape index (κ2) is 4.59. The zero-order valence-corrected chi connectivity index (χ0v) is 12.7. The van der Waals surface area contributed by atoms with Gasteiger partial charge in [-0.05, 0) is 32.4 Å². The van der Waals surface area contributed by atoms with Crippen molar-refractivity contribution in [3.63, 3.8) is 0 Å². The van der Waals surface area contributed by atoms with Crippen LogP contribution in [-0.4, -0.2) is 24.3 Å². The highest BCUT2D eigenvalue weighted by Crippen LogP contribution is 2.28. The van der Waals surface area contributed by atoms with Crippen LogP contribution in [-0.2, 0) is 7.05 Å². The summed E-state index contributed by atoms with van der Waals surface area (Å²) >= 11 is 6.29. The lowest BCUT2D eigenvalue weighted by molar-refractivity contribution is 0.756. The Morgan fingerprint density at radius 3 is 2.65 bits per heavy atom. The van der Waals surface area contributed by atoms with E-state index in [9.17, 15) is 0 Å². The molecule has 0 N–H and O–H groups in total. The second-order valence-electron chi connectivity index (χ2n) is 5.05. The Morgan fingerprint density at radius 2 is 2.05 bits per heavy atom. The van der Waals surface area contributed by atoms with E-state index in [-0.39, 0.29) is 5.38 Å². The SMILES string of the molecule is Cc1cnc2c(c1)nc(C(C)Cl)n2-c1cn(C)nc1C. The molecule has 104 valence electrons. The standard InChI is InChI=1S/C14H16ClN5/c1-8-5-11-14(16-6-8)20(13(17-11)9(2)15)12-7-19(4)18-10(12)3/h5-7,9H,1-4H3. The molecule has 0 aliphatic heterocycles. The Balaban J connectivity index is 2.37. The van der Waals surface area contributed by atoms with Crippen LogP contribution in [0.15, 0.2) is 18.5 Å². The van der Waals surface area contributed by atoms with E-state index < -0.39 is 0 Å². The van der Waals surface area contributed by atoms with E-state index >= 15 is 0 Å². The van der Waals surface area contributed by atoms with Crippen molar-refractivity contribution in [2.24, 2.45) is 7.05 Å². The summed E-state index contributed by atoms with van der Waals surface area (Å²) in [6.45, 7) is 5.89. The molecule has 1 unspecified atom stereocenters. The molecule has 1 atom stereocenters. The van der Waals surface area contributed by atoms with Crippen molar-refractivity contribution in [3.8, 4) is 5.69 Å². The molecule has 5 nitrogen and oxygen atoms in total. The maximum absolute atomic E-state index is 6.29. The van der Waals surface area contributed by atoms with E-state index in [0.717, 1.165) is 33.9 Å². The Hall–Kier alpha value is -1.88. The molecule has 0 radical (unpaired) electrons. The molecular weight excluding hydrogens is 274 g/mol. The van der Waals surface area contributed by atoms with Crippen molar-refractivity contribution >= 4 is 22.8 Å². The average Bonchev–Trinajstić information content (AvgIpc) is 2.88. The lowest BCUT2D eigenvalue weighted by Gasteiger charge is -2.08. The average molecular weight is 290 g/mol. The van der Waals surface area contributed by atoms with Crippen LogP contribution in [0.2, 0.25) is 0 Å². The third kappa shape index (κ3) is 1.98. The molecule has 20 heavy (non-hydrogen) atoms. The summed E-state index contributed by atoms with van der Waals surface area (Å²) in [5.74, 6) is 0.788. The van der Waals surface area contributed by atoms with Crippen LogP contribution in [0.1, 0.15) is 29.4 Å². The number of pyridine rings is 1. The summed E-state index contributed by atoms with van der Waals surface area (Å²) in [5.41, 5.74) is 4.64. The van der Waals surface area contributed by atoms with Gasteiger partial charge in [0.25, 0.3) is 0 Å². The highest BCUT2D eigenvalue weighted by molar-refractivity contribution is 6.20. The lowest BCUT2D eigenvalue weighted by Crippen LogP contribution is -2.03. The first-order valence-electron chi connectivity index (χ1n) is 6.47. The fourth-order valence-corrected chi connectivity index (χ4v) is 2.54. The fourth-order valence-electron chi connectivity index (χ4n) is 2.39. The van der Waals surface area contributed by atoms with Gasteiger partial charge >= 0.3 is 0 Å². The molecule has 0 aliphatic rings. The largest absolute Gasteiger partial charge is 0.276 e. The zero-order chi connectivity index (χ0) is 14.4. The first-order valence-corrected chi connectivity index (χ1v) is 6.90. The molecule has 3 heterocycles. The number of aryl methyl sites for hydroxylation is 3. The molecular formula is C14H16ClN5. The number of hydrogen-bond acceptors (Lipinski definition) is 3. The van der Waals surface area contributed by atoms with Gasteiger partial charge in [0.05, 0.1) is 16.8 Å². The van der Waals surface area contributed by atoms with Crippen LogP contribution in [0.5, 0.6) is 0 Å². The van der Waals surface area contributed by atoms with E-state index in [2.05, 4.69) is 15.1 Å². The molecule has 3 aromatic rings. The minimum Gasteiger partial charge on any atom is -0.276 e. The summed E-state index contributed by atoms with van der Waals surface area (Å²) in [4.78, 5) is 9.15. The van der Waals surface area contributed by atoms with Crippen LogP contribution in [0.25, 0.3) is 16.9 Å². The minimum atomic E-state index is -0.205. The predicted octanol–water partition coefficient (Wildman–Crippen LogP) is 3.07. The quantitative estimate of drug-likeness (QED) is 0.681. The van der Waals surface area contributed by atoms with Crippen LogP contribution in [0.3, 0.4) is 0 Å². The molecule has 6 heteroatoms. The Morgan fingerprint density at radius 1 is 1.30 bits per heavy atom. The number of alkyl halides is 1. The highest BCUT2D eigenvalue weighted by Gasteiger charge is 2.19. The molecule has 0 saturated heterocycles. The van der Waals surface area contributed by atoms with Gasteiger partial charge in [0.15, 0.2) is 5.65 Å². The van der Waals surface area contributed by atoms with Gasteiger partial charge in [0, 0.05) is 19.4 Å². The van der Waals surface area contributed by atoms with Gasteiger partial charge in [-0.25, -0.2) is 9.97 Å². The fraction of sp³-hybridized carbons (Fsp3) is 0.357. The maximum atomic E-state index is 6.29. The lowest BCUT2D eigenvalue weighted by atomic mass is 10.3. The predicted molar refractivity (Wildman–Crippen MR) is 79.4 cm³/mol. The molecule has 0 spiro atoms. The molecule has 0 bridgehead atoms. The van der Waals surface area contributed by atoms with Gasteiger partial charge in [-0.3, -0.25) is 9.25 Å². The monoisotopic (exact) mass is 289 g/mol. The molecule has 3 aromatic heterocycles. The topological polar surface area (TPSA) is 48.5 Å². The third-order valence-electron chi connectivity index (χ3n) is 3.24. The summed E-state index contributed by atoms with van der Waals surface area (Å²) < 4.78 is 3.78. The normalized spacial score (nSPS) is 13.1. The molecule has 0 aliphatic carbocycles. The summed E-state index contributed by atoms with van der Waals surface area (Å²) in [7, 11) is 1.90.